The lowest BCUT2D eigenvalue weighted by Gasteiger charge is -2.24. The van der Waals surface area contributed by atoms with E-state index in [-0.39, 0.29) is 17.3 Å². The summed E-state index contributed by atoms with van der Waals surface area (Å²) in [5.41, 5.74) is 2.03. The SMILES string of the molecule is FC(F)(F)c1cccc(-c2noc(-c3cnn(C4CCCCC4)c3-c3ccccc3)n2)c1. The molecule has 0 atom stereocenters. The van der Waals surface area contributed by atoms with Crippen LogP contribution in [0.5, 0.6) is 0 Å². The van der Waals surface area contributed by atoms with Gasteiger partial charge in [0.15, 0.2) is 0 Å². The highest BCUT2D eigenvalue weighted by Gasteiger charge is 2.31. The first kappa shape index (κ1) is 20.5. The molecule has 8 heteroatoms. The van der Waals surface area contributed by atoms with Crippen LogP contribution in [0.2, 0.25) is 0 Å². The standard InChI is InChI=1S/C24H21F3N4O/c25-24(26,27)18-11-7-10-17(14-18)22-29-23(32-30-22)20-15-28-31(19-12-5-2-6-13-19)21(20)16-8-3-1-4-9-16/h1,3-4,7-11,14-15,19H,2,5-6,12-13H2. The molecule has 2 aromatic carbocycles. The summed E-state index contributed by atoms with van der Waals surface area (Å²) in [6.07, 6.45) is 2.93. The van der Waals surface area contributed by atoms with Gasteiger partial charge >= 0.3 is 6.18 Å². The fourth-order valence-electron chi connectivity index (χ4n) is 4.29. The van der Waals surface area contributed by atoms with Gasteiger partial charge in [0.2, 0.25) is 5.82 Å². The Hall–Kier alpha value is -3.42. The molecule has 0 radical (unpaired) electrons. The summed E-state index contributed by atoms with van der Waals surface area (Å²) >= 11 is 0. The Bertz CT molecular complexity index is 1210. The zero-order chi connectivity index (χ0) is 22.1. The summed E-state index contributed by atoms with van der Waals surface area (Å²) in [6, 6.07) is 15.1. The first-order valence-electron chi connectivity index (χ1n) is 10.7. The zero-order valence-corrected chi connectivity index (χ0v) is 17.2. The molecule has 1 aliphatic carbocycles. The van der Waals surface area contributed by atoms with E-state index < -0.39 is 11.7 Å². The van der Waals surface area contributed by atoms with Crippen LogP contribution in [-0.4, -0.2) is 19.9 Å². The van der Waals surface area contributed by atoms with Crippen molar-refractivity contribution in [2.45, 2.75) is 44.3 Å². The summed E-state index contributed by atoms with van der Waals surface area (Å²) < 4.78 is 46.8. The van der Waals surface area contributed by atoms with E-state index in [2.05, 4.69) is 15.2 Å². The smallest absolute Gasteiger partial charge is 0.333 e. The van der Waals surface area contributed by atoms with E-state index in [0.29, 0.717) is 11.6 Å². The molecule has 2 heterocycles. The summed E-state index contributed by atoms with van der Waals surface area (Å²) in [5.74, 6) is 0.342. The summed E-state index contributed by atoms with van der Waals surface area (Å²) in [5, 5.41) is 8.61. The second-order valence-corrected chi connectivity index (χ2v) is 8.01. The van der Waals surface area contributed by atoms with Crippen LogP contribution < -0.4 is 0 Å². The van der Waals surface area contributed by atoms with Crippen LogP contribution in [0.3, 0.4) is 0 Å². The van der Waals surface area contributed by atoms with E-state index in [9.17, 15) is 13.2 Å². The van der Waals surface area contributed by atoms with Gasteiger partial charge in [-0.2, -0.15) is 23.3 Å². The van der Waals surface area contributed by atoms with E-state index in [4.69, 9.17) is 4.52 Å². The summed E-state index contributed by atoms with van der Waals surface area (Å²) in [4.78, 5) is 4.42. The maximum Gasteiger partial charge on any atom is 0.416 e. The highest BCUT2D eigenvalue weighted by molar-refractivity contribution is 5.77. The molecule has 2 aromatic heterocycles. The number of hydrogen-bond acceptors (Lipinski definition) is 4. The molecule has 4 aromatic rings. The molecule has 0 aliphatic heterocycles. The minimum Gasteiger partial charge on any atom is -0.333 e. The van der Waals surface area contributed by atoms with Gasteiger partial charge in [0.1, 0.15) is 0 Å². The molecule has 0 unspecified atom stereocenters. The van der Waals surface area contributed by atoms with Gasteiger partial charge < -0.3 is 4.52 Å². The quantitative estimate of drug-likeness (QED) is 0.352. The van der Waals surface area contributed by atoms with Gasteiger partial charge in [-0.15, -0.1) is 0 Å². The lowest BCUT2D eigenvalue weighted by Crippen LogP contribution is -2.15. The second kappa shape index (κ2) is 8.26. The van der Waals surface area contributed by atoms with Crippen molar-refractivity contribution >= 4 is 0 Å². The van der Waals surface area contributed by atoms with Gasteiger partial charge in [-0.3, -0.25) is 4.68 Å². The normalized spacial score (nSPS) is 15.2. The number of nitrogens with zero attached hydrogens (tertiary/aromatic N) is 4. The topological polar surface area (TPSA) is 56.7 Å². The van der Waals surface area contributed by atoms with Crippen molar-refractivity contribution in [2.24, 2.45) is 0 Å². The molecule has 0 amide bonds. The molecular weight excluding hydrogens is 417 g/mol. The van der Waals surface area contributed by atoms with Crippen molar-refractivity contribution in [3.8, 4) is 34.1 Å². The third-order valence-electron chi connectivity index (χ3n) is 5.87. The van der Waals surface area contributed by atoms with E-state index >= 15 is 0 Å². The fourth-order valence-corrected chi connectivity index (χ4v) is 4.29. The van der Waals surface area contributed by atoms with E-state index in [0.717, 1.165) is 49.1 Å². The Morgan fingerprint density at radius 2 is 1.66 bits per heavy atom. The van der Waals surface area contributed by atoms with Gasteiger partial charge in [0.05, 0.1) is 29.1 Å². The van der Waals surface area contributed by atoms with Gasteiger partial charge in [0.25, 0.3) is 5.89 Å². The number of rotatable bonds is 4. The van der Waals surface area contributed by atoms with E-state index in [1.807, 2.05) is 35.0 Å². The minimum atomic E-state index is -4.44. The van der Waals surface area contributed by atoms with Crippen molar-refractivity contribution < 1.29 is 17.7 Å². The van der Waals surface area contributed by atoms with Crippen LogP contribution in [0, 0.1) is 0 Å². The van der Waals surface area contributed by atoms with Crippen molar-refractivity contribution in [1.82, 2.24) is 19.9 Å². The predicted molar refractivity (Wildman–Crippen MR) is 114 cm³/mol. The van der Waals surface area contributed by atoms with Crippen molar-refractivity contribution in [1.29, 1.82) is 0 Å². The van der Waals surface area contributed by atoms with Crippen molar-refractivity contribution in [2.75, 3.05) is 0 Å². The largest absolute Gasteiger partial charge is 0.416 e. The maximum absolute atomic E-state index is 13.1. The number of benzene rings is 2. The van der Waals surface area contributed by atoms with Crippen LogP contribution in [0.1, 0.15) is 43.7 Å². The van der Waals surface area contributed by atoms with E-state index in [1.54, 1.807) is 6.20 Å². The lowest BCUT2D eigenvalue weighted by molar-refractivity contribution is -0.137. The molecule has 0 N–H and O–H groups in total. The molecule has 0 spiro atoms. The molecule has 164 valence electrons. The van der Waals surface area contributed by atoms with E-state index in [1.165, 1.54) is 18.6 Å². The number of aromatic nitrogens is 4. The zero-order valence-electron chi connectivity index (χ0n) is 17.2. The molecule has 1 fully saturated rings. The van der Waals surface area contributed by atoms with Crippen LogP contribution in [0.15, 0.2) is 65.3 Å². The summed E-state index contributed by atoms with van der Waals surface area (Å²) in [6.45, 7) is 0. The highest BCUT2D eigenvalue weighted by Crippen LogP contribution is 2.38. The number of alkyl halides is 3. The predicted octanol–water partition coefficient (Wildman–Crippen LogP) is 6.79. The second-order valence-electron chi connectivity index (χ2n) is 8.01. The molecule has 0 bridgehead atoms. The molecular formula is C24H21F3N4O. The molecule has 0 saturated heterocycles. The highest BCUT2D eigenvalue weighted by atomic mass is 19.4. The molecule has 1 aliphatic rings. The average Bonchev–Trinajstić information content (AvgIpc) is 3.47. The summed E-state index contributed by atoms with van der Waals surface area (Å²) in [7, 11) is 0. The molecule has 1 saturated carbocycles. The third-order valence-corrected chi connectivity index (χ3v) is 5.87. The molecule has 5 nitrogen and oxygen atoms in total. The molecule has 32 heavy (non-hydrogen) atoms. The number of halogens is 3. The van der Waals surface area contributed by atoms with Crippen LogP contribution in [0.25, 0.3) is 34.1 Å². The maximum atomic E-state index is 13.1. The Kier molecular flexibility index (Phi) is 5.28. The fraction of sp³-hybridized carbons (Fsp3) is 0.292. The third kappa shape index (κ3) is 3.92. The van der Waals surface area contributed by atoms with Gasteiger partial charge in [-0.1, -0.05) is 66.9 Å². The Labute approximate surface area is 182 Å². The monoisotopic (exact) mass is 438 g/mol. The van der Waals surface area contributed by atoms with Gasteiger partial charge in [-0.05, 0) is 25.0 Å². The first-order valence-corrected chi connectivity index (χ1v) is 10.7. The van der Waals surface area contributed by atoms with Crippen molar-refractivity contribution in [3.63, 3.8) is 0 Å². The number of hydrogen-bond donors (Lipinski definition) is 0. The van der Waals surface area contributed by atoms with Crippen LogP contribution >= 0.6 is 0 Å². The lowest BCUT2D eigenvalue weighted by atomic mass is 9.95. The van der Waals surface area contributed by atoms with Crippen LogP contribution in [0.4, 0.5) is 13.2 Å². The Morgan fingerprint density at radius 1 is 0.906 bits per heavy atom. The minimum absolute atomic E-state index is 0.107. The first-order chi connectivity index (χ1) is 15.5. The van der Waals surface area contributed by atoms with Gasteiger partial charge in [-0.25, -0.2) is 0 Å². The molecule has 5 rings (SSSR count). The van der Waals surface area contributed by atoms with Crippen molar-refractivity contribution in [3.05, 3.63) is 66.4 Å². The Balaban J connectivity index is 1.56. The Morgan fingerprint density at radius 3 is 2.41 bits per heavy atom. The average molecular weight is 438 g/mol. The van der Waals surface area contributed by atoms with Gasteiger partial charge in [0, 0.05) is 11.1 Å². The van der Waals surface area contributed by atoms with Crippen LogP contribution in [-0.2, 0) is 6.18 Å².